The summed E-state index contributed by atoms with van der Waals surface area (Å²) in [7, 11) is 0. The predicted molar refractivity (Wildman–Crippen MR) is 75.3 cm³/mol. The van der Waals surface area contributed by atoms with E-state index >= 15 is 0 Å². The van der Waals surface area contributed by atoms with Gasteiger partial charge in [0.05, 0.1) is 6.61 Å². The van der Waals surface area contributed by atoms with Crippen molar-refractivity contribution in [2.24, 2.45) is 0 Å². The van der Waals surface area contributed by atoms with Gasteiger partial charge in [-0.2, -0.15) is 0 Å². The van der Waals surface area contributed by atoms with Crippen molar-refractivity contribution in [1.29, 1.82) is 0 Å². The summed E-state index contributed by atoms with van der Waals surface area (Å²) < 4.78 is 5.17. The first kappa shape index (κ1) is 14.7. The predicted octanol–water partition coefficient (Wildman–Crippen LogP) is 4.33. The SMILES string of the molecule is O=C1CCC/C=C\C/C=C\C/C=C\CCCCO1. The molecule has 2 nitrogen and oxygen atoms in total. The Hall–Kier alpha value is -1.31. The Morgan fingerprint density at radius 2 is 1.39 bits per heavy atom. The summed E-state index contributed by atoms with van der Waals surface area (Å²) in [4.78, 5) is 11.4. The van der Waals surface area contributed by atoms with Gasteiger partial charge in [-0.3, -0.25) is 4.79 Å². The lowest BCUT2D eigenvalue weighted by molar-refractivity contribution is -0.143. The van der Waals surface area contributed by atoms with Crippen LogP contribution in [0.25, 0.3) is 0 Å². The minimum Gasteiger partial charge on any atom is -0.466 e. The van der Waals surface area contributed by atoms with Gasteiger partial charge in [0.2, 0.25) is 0 Å². The Labute approximate surface area is 110 Å². The molecule has 1 rings (SSSR count). The maximum Gasteiger partial charge on any atom is 0.305 e. The monoisotopic (exact) mass is 248 g/mol. The van der Waals surface area contributed by atoms with E-state index in [0.717, 1.165) is 44.9 Å². The molecule has 1 aliphatic rings. The van der Waals surface area contributed by atoms with Crippen molar-refractivity contribution in [2.45, 2.75) is 51.4 Å². The van der Waals surface area contributed by atoms with Crippen molar-refractivity contribution in [3.8, 4) is 0 Å². The molecule has 0 bridgehead atoms. The van der Waals surface area contributed by atoms with Gasteiger partial charge in [-0.15, -0.1) is 0 Å². The molecule has 0 unspecified atom stereocenters. The van der Waals surface area contributed by atoms with Crippen molar-refractivity contribution in [1.82, 2.24) is 0 Å². The number of hydrogen-bond donors (Lipinski definition) is 0. The lowest BCUT2D eigenvalue weighted by atomic mass is 10.2. The van der Waals surface area contributed by atoms with Crippen LogP contribution < -0.4 is 0 Å². The summed E-state index contributed by atoms with van der Waals surface area (Å²) in [6.45, 7) is 0.572. The number of cyclic esters (lactones) is 1. The molecule has 1 heterocycles. The summed E-state index contributed by atoms with van der Waals surface area (Å²) in [6.07, 6.45) is 20.6. The zero-order valence-electron chi connectivity index (χ0n) is 11.1. The number of carbonyl (C=O) groups is 1. The van der Waals surface area contributed by atoms with Gasteiger partial charge in [0.1, 0.15) is 0 Å². The van der Waals surface area contributed by atoms with Gasteiger partial charge in [0, 0.05) is 6.42 Å². The van der Waals surface area contributed by atoms with Crippen LogP contribution in [0, 0.1) is 0 Å². The van der Waals surface area contributed by atoms with Crippen molar-refractivity contribution >= 4 is 5.97 Å². The van der Waals surface area contributed by atoms with Crippen LogP contribution in [0.5, 0.6) is 0 Å². The molecule has 0 spiro atoms. The second kappa shape index (κ2) is 10.8. The zero-order valence-corrected chi connectivity index (χ0v) is 11.1. The molecule has 0 aromatic heterocycles. The Bertz CT molecular complexity index is 300. The molecule has 2 heteroatoms. The number of esters is 1. The van der Waals surface area contributed by atoms with Gasteiger partial charge < -0.3 is 4.74 Å². The second-order valence-corrected chi connectivity index (χ2v) is 4.49. The minimum atomic E-state index is -0.0526. The van der Waals surface area contributed by atoms with E-state index in [9.17, 15) is 4.79 Å². The summed E-state index contributed by atoms with van der Waals surface area (Å²) in [5.74, 6) is -0.0526. The fraction of sp³-hybridized carbons (Fsp3) is 0.562. The molecule has 0 fully saturated rings. The molecule has 0 saturated heterocycles. The van der Waals surface area contributed by atoms with E-state index in [1.807, 2.05) is 0 Å². The van der Waals surface area contributed by atoms with E-state index in [0.29, 0.717) is 13.0 Å². The molecule has 1 aliphatic heterocycles. The van der Waals surface area contributed by atoms with Crippen LogP contribution >= 0.6 is 0 Å². The van der Waals surface area contributed by atoms with Crippen LogP contribution in [0.3, 0.4) is 0 Å². The Morgan fingerprint density at radius 1 is 0.778 bits per heavy atom. The summed E-state index contributed by atoms with van der Waals surface area (Å²) in [5.41, 5.74) is 0. The smallest absolute Gasteiger partial charge is 0.305 e. The van der Waals surface area contributed by atoms with Crippen molar-refractivity contribution in [3.05, 3.63) is 36.5 Å². The molecular weight excluding hydrogens is 224 g/mol. The van der Waals surface area contributed by atoms with Crippen LogP contribution in [0.4, 0.5) is 0 Å². The van der Waals surface area contributed by atoms with Crippen LogP contribution in [-0.4, -0.2) is 12.6 Å². The van der Waals surface area contributed by atoms with Crippen molar-refractivity contribution in [2.75, 3.05) is 6.61 Å². The molecule has 100 valence electrons. The highest BCUT2D eigenvalue weighted by molar-refractivity contribution is 5.69. The number of carbonyl (C=O) groups excluding carboxylic acids is 1. The van der Waals surface area contributed by atoms with Crippen molar-refractivity contribution < 1.29 is 9.53 Å². The largest absolute Gasteiger partial charge is 0.466 e. The van der Waals surface area contributed by atoms with Crippen LogP contribution in [0.15, 0.2) is 36.5 Å². The van der Waals surface area contributed by atoms with Gasteiger partial charge >= 0.3 is 5.97 Å². The molecule has 0 atom stereocenters. The molecule has 0 radical (unpaired) electrons. The molecule has 0 aromatic carbocycles. The third-order valence-electron chi connectivity index (χ3n) is 2.82. The van der Waals surface area contributed by atoms with E-state index in [1.165, 1.54) is 0 Å². The zero-order chi connectivity index (χ0) is 12.9. The Balaban J connectivity index is 2.31. The number of hydrogen-bond acceptors (Lipinski definition) is 2. The van der Waals surface area contributed by atoms with Gasteiger partial charge in [-0.05, 0) is 44.9 Å². The normalized spacial score (nSPS) is 25.7. The molecule has 0 aromatic rings. The second-order valence-electron chi connectivity index (χ2n) is 4.49. The summed E-state index contributed by atoms with van der Waals surface area (Å²) in [6, 6.07) is 0. The first-order valence-corrected chi connectivity index (χ1v) is 7.00. The van der Waals surface area contributed by atoms with Crippen LogP contribution in [0.2, 0.25) is 0 Å². The minimum absolute atomic E-state index is 0.0526. The van der Waals surface area contributed by atoms with E-state index in [4.69, 9.17) is 4.74 Å². The highest BCUT2D eigenvalue weighted by Gasteiger charge is 2.00. The lowest BCUT2D eigenvalue weighted by Crippen LogP contribution is -2.05. The quantitative estimate of drug-likeness (QED) is 0.471. The fourth-order valence-corrected chi connectivity index (χ4v) is 1.76. The van der Waals surface area contributed by atoms with E-state index in [2.05, 4.69) is 36.5 Å². The average molecular weight is 248 g/mol. The molecule has 0 saturated carbocycles. The molecule has 0 amide bonds. The van der Waals surface area contributed by atoms with Crippen LogP contribution in [-0.2, 0) is 9.53 Å². The summed E-state index contributed by atoms with van der Waals surface area (Å²) >= 11 is 0. The maximum atomic E-state index is 11.4. The molecular formula is C16H24O2. The molecule has 18 heavy (non-hydrogen) atoms. The Kier molecular flexibility index (Phi) is 8.87. The fourth-order valence-electron chi connectivity index (χ4n) is 1.76. The maximum absolute atomic E-state index is 11.4. The van der Waals surface area contributed by atoms with E-state index < -0.39 is 0 Å². The van der Waals surface area contributed by atoms with Gasteiger partial charge in [-0.1, -0.05) is 36.5 Å². The average Bonchev–Trinajstić information content (AvgIpc) is 2.37. The van der Waals surface area contributed by atoms with E-state index in [-0.39, 0.29) is 5.97 Å². The highest BCUT2D eigenvalue weighted by atomic mass is 16.5. The standard InChI is InChI=1S/C16H24O2/c17-16-14-12-10-8-6-4-2-1-3-5-7-9-11-13-15-18-16/h1-2,5-8H,3-4,9-15H2/b2-1-,7-5-,8-6-. The molecule has 0 N–H and O–H groups in total. The van der Waals surface area contributed by atoms with Gasteiger partial charge in [-0.25, -0.2) is 0 Å². The first-order valence-electron chi connectivity index (χ1n) is 7.00. The number of ether oxygens (including phenoxy) is 1. The lowest BCUT2D eigenvalue weighted by Gasteiger charge is -2.03. The third-order valence-corrected chi connectivity index (χ3v) is 2.82. The summed E-state index contributed by atoms with van der Waals surface area (Å²) in [5, 5.41) is 0. The van der Waals surface area contributed by atoms with E-state index in [1.54, 1.807) is 0 Å². The molecule has 0 aliphatic carbocycles. The number of rotatable bonds is 0. The highest BCUT2D eigenvalue weighted by Crippen LogP contribution is 2.03. The topological polar surface area (TPSA) is 26.3 Å². The van der Waals surface area contributed by atoms with Gasteiger partial charge in [0.15, 0.2) is 0 Å². The van der Waals surface area contributed by atoms with Crippen molar-refractivity contribution in [3.63, 3.8) is 0 Å². The Morgan fingerprint density at radius 3 is 2.11 bits per heavy atom. The number of allylic oxidation sites excluding steroid dienone is 6. The van der Waals surface area contributed by atoms with Gasteiger partial charge in [0.25, 0.3) is 0 Å². The first-order chi connectivity index (χ1) is 8.89. The third kappa shape index (κ3) is 8.80. The van der Waals surface area contributed by atoms with Crippen LogP contribution in [0.1, 0.15) is 51.4 Å².